The Hall–Kier alpha value is -2.95. The first-order chi connectivity index (χ1) is 13.5. The number of rotatable bonds is 6. The monoisotopic (exact) mass is 418 g/mol. The third-order valence-electron chi connectivity index (χ3n) is 3.71. The Kier molecular flexibility index (Phi) is 6.24. The van der Waals surface area contributed by atoms with Crippen molar-refractivity contribution in [3.8, 4) is 28.8 Å². The van der Waals surface area contributed by atoms with Crippen LogP contribution in [0.25, 0.3) is 22.9 Å². The zero-order valence-electron chi connectivity index (χ0n) is 14.5. The summed E-state index contributed by atoms with van der Waals surface area (Å²) < 4.78 is 34.4. The third-order valence-corrected chi connectivity index (χ3v) is 4.84. The van der Waals surface area contributed by atoms with Crippen molar-refractivity contribution in [3.05, 3.63) is 63.4 Å². The first-order valence-corrected chi connectivity index (χ1v) is 9.22. The summed E-state index contributed by atoms with van der Waals surface area (Å²) in [6.07, 6.45) is 1.61. The van der Waals surface area contributed by atoms with E-state index in [2.05, 4.69) is 15.8 Å². The van der Waals surface area contributed by atoms with Gasteiger partial charge in [-0.05, 0) is 35.9 Å². The first kappa shape index (κ1) is 19.8. The molecule has 1 heterocycles. The number of thiazole rings is 1. The Morgan fingerprint density at radius 3 is 2.61 bits per heavy atom. The summed E-state index contributed by atoms with van der Waals surface area (Å²) in [6, 6.07) is 13.8. The number of aromatic nitrogens is 1. The normalized spacial score (nSPS) is 11.4. The number of allylic oxidation sites excluding steroid dienone is 1. The SMILES string of the molecule is COc1cc(/C=C(\C#N)c2nc(-c3ccc(Cl)cc3)cs2)ccc1OC(F)F. The third kappa shape index (κ3) is 4.66. The maximum atomic E-state index is 12.4. The van der Waals surface area contributed by atoms with Gasteiger partial charge < -0.3 is 9.47 Å². The van der Waals surface area contributed by atoms with Crippen molar-refractivity contribution in [3.63, 3.8) is 0 Å². The highest BCUT2D eigenvalue weighted by atomic mass is 35.5. The van der Waals surface area contributed by atoms with Gasteiger partial charge in [0.25, 0.3) is 0 Å². The Bertz CT molecular complexity index is 1040. The minimum absolute atomic E-state index is 0.0765. The first-order valence-electron chi connectivity index (χ1n) is 7.96. The molecule has 0 saturated carbocycles. The molecule has 0 radical (unpaired) electrons. The summed E-state index contributed by atoms with van der Waals surface area (Å²) in [7, 11) is 1.35. The fraction of sp³-hybridized carbons (Fsp3) is 0.100. The standard InChI is InChI=1S/C20H13ClF2N2O2S/c1-26-18-9-12(2-7-17(18)27-20(22)23)8-14(10-24)19-25-16(11-28-19)13-3-5-15(21)6-4-13/h2-9,11,20H,1H3/b14-8+. The summed E-state index contributed by atoms with van der Waals surface area (Å²) >= 11 is 7.23. The van der Waals surface area contributed by atoms with Crippen LogP contribution in [0.4, 0.5) is 8.78 Å². The topological polar surface area (TPSA) is 55.1 Å². The number of alkyl halides is 2. The van der Waals surface area contributed by atoms with Gasteiger partial charge in [0.05, 0.1) is 18.4 Å². The zero-order chi connectivity index (χ0) is 20.1. The molecular formula is C20H13ClF2N2O2S. The van der Waals surface area contributed by atoms with Crippen molar-refractivity contribution >= 4 is 34.6 Å². The quantitative estimate of drug-likeness (QED) is 0.451. The van der Waals surface area contributed by atoms with Crippen molar-refractivity contribution in [1.29, 1.82) is 5.26 Å². The second-order valence-electron chi connectivity index (χ2n) is 5.50. The molecule has 0 atom stereocenters. The molecule has 0 bridgehead atoms. The highest BCUT2D eigenvalue weighted by molar-refractivity contribution is 7.11. The van der Waals surface area contributed by atoms with Gasteiger partial charge >= 0.3 is 6.61 Å². The minimum atomic E-state index is -2.95. The highest BCUT2D eigenvalue weighted by Gasteiger charge is 2.13. The Balaban J connectivity index is 1.90. The molecule has 8 heteroatoms. The largest absolute Gasteiger partial charge is 0.493 e. The number of hydrogen-bond donors (Lipinski definition) is 0. The van der Waals surface area contributed by atoms with Crippen LogP contribution in [0.2, 0.25) is 5.02 Å². The van der Waals surface area contributed by atoms with Gasteiger partial charge in [0.15, 0.2) is 11.5 Å². The molecule has 0 aliphatic heterocycles. The second kappa shape index (κ2) is 8.83. The van der Waals surface area contributed by atoms with Gasteiger partial charge in [-0.3, -0.25) is 0 Å². The molecule has 0 unspecified atom stereocenters. The smallest absolute Gasteiger partial charge is 0.387 e. The van der Waals surface area contributed by atoms with Crippen LogP contribution in [-0.4, -0.2) is 18.7 Å². The Morgan fingerprint density at radius 1 is 1.21 bits per heavy atom. The molecule has 2 aromatic carbocycles. The van der Waals surface area contributed by atoms with Crippen LogP contribution in [0.15, 0.2) is 47.8 Å². The van der Waals surface area contributed by atoms with Crippen molar-refractivity contribution in [1.82, 2.24) is 4.98 Å². The van der Waals surface area contributed by atoms with Crippen LogP contribution >= 0.6 is 22.9 Å². The van der Waals surface area contributed by atoms with Gasteiger partial charge in [0.1, 0.15) is 11.1 Å². The van der Waals surface area contributed by atoms with E-state index in [1.54, 1.807) is 24.3 Å². The predicted molar refractivity (Wildman–Crippen MR) is 106 cm³/mol. The van der Waals surface area contributed by atoms with Crippen molar-refractivity contribution in [2.75, 3.05) is 7.11 Å². The van der Waals surface area contributed by atoms with E-state index in [9.17, 15) is 14.0 Å². The van der Waals surface area contributed by atoms with Gasteiger partial charge in [-0.15, -0.1) is 11.3 Å². The number of ether oxygens (including phenoxy) is 2. The minimum Gasteiger partial charge on any atom is -0.493 e. The molecule has 3 aromatic rings. The fourth-order valence-corrected chi connectivity index (χ4v) is 3.35. The van der Waals surface area contributed by atoms with Crippen LogP contribution in [0.1, 0.15) is 10.6 Å². The molecule has 0 aliphatic carbocycles. The van der Waals surface area contributed by atoms with Crippen molar-refractivity contribution in [2.45, 2.75) is 6.61 Å². The summed E-state index contributed by atoms with van der Waals surface area (Å²) in [6.45, 7) is -2.95. The molecule has 0 amide bonds. The highest BCUT2D eigenvalue weighted by Crippen LogP contribution is 2.32. The maximum absolute atomic E-state index is 12.4. The van der Waals surface area contributed by atoms with Crippen LogP contribution in [0.5, 0.6) is 11.5 Å². The number of methoxy groups -OCH3 is 1. The van der Waals surface area contributed by atoms with E-state index in [0.717, 1.165) is 11.3 Å². The molecule has 0 spiro atoms. The summed E-state index contributed by atoms with van der Waals surface area (Å²) in [5.74, 6) is 0.0692. The van der Waals surface area contributed by atoms with Gasteiger partial charge in [-0.25, -0.2) is 4.98 Å². The summed E-state index contributed by atoms with van der Waals surface area (Å²) in [5, 5.41) is 12.6. The van der Waals surface area contributed by atoms with Gasteiger partial charge in [0.2, 0.25) is 0 Å². The molecule has 0 fully saturated rings. The average Bonchev–Trinajstić information content (AvgIpc) is 3.17. The fourth-order valence-electron chi connectivity index (χ4n) is 2.43. The maximum Gasteiger partial charge on any atom is 0.387 e. The number of hydrogen-bond acceptors (Lipinski definition) is 5. The van der Waals surface area contributed by atoms with E-state index in [1.807, 2.05) is 17.5 Å². The molecule has 1 aromatic heterocycles. The van der Waals surface area contributed by atoms with Gasteiger partial charge in [-0.1, -0.05) is 29.8 Å². The van der Waals surface area contributed by atoms with E-state index >= 15 is 0 Å². The van der Waals surface area contributed by atoms with Crippen LogP contribution < -0.4 is 9.47 Å². The zero-order valence-corrected chi connectivity index (χ0v) is 16.1. The number of halogens is 3. The average molecular weight is 419 g/mol. The number of nitriles is 1. The van der Waals surface area contributed by atoms with E-state index in [-0.39, 0.29) is 11.5 Å². The molecule has 0 N–H and O–H groups in total. The van der Waals surface area contributed by atoms with E-state index in [0.29, 0.717) is 21.2 Å². The van der Waals surface area contributed by atoms with Crippen molar-refractivity contribution in [2.24, 2.45) is 0 Å². The molecule has 0 saturated heterocycles. The number of nitrogens with zero attached hydrogens (tertiary/aromatic N) is 2. The lowest BCUT2D eigenvalue weighted by atomic mass is 10.1. The summed E-state index contributed by atoms with van der Waals surface area (Å²) in [4.78, 5) is 4.51. The number of benzene rings is 2. The molecular weight excluding hydrogens is 406 g/mol. The van der Waals surface area contributed by atoms with E-state index < -0.39 is 6.61 Å². The molecule has 4 nitrogen and oxygen atoms in total. The van der Waals surface area contributed by atoms with Gasteiger partial charge in [0, 0.05) is 16.0 Å². The van der Waals surface area contributed by atoms with E-state index in [1.165, 1.54) is 30.6 Å². The Labute approximate surface area is 169 Å². The lowest BCUT2D eigenvalue weighted by Gasteiger charge is -2.10. The van der Waals surface area contributed by atoms with Crippen LogP contribution in [-0.2, 0) is 0 Å². The van der Waals surface area contributed by atoms with E-state index in [4.69, 9.17) is 16.3 Å². The second-order valence-corrected chi connectivity index (χ2v) is 6.80. The molecule has 142 valence electrons. The molecule has 0 aliphatic rings. The molecule has 3 rings (SSSR count). The Morgan fingerprint density at radius 2 is 1.96 bits per heavy atom. The van der Waals surface area contributed by atoms with Gasteiger partial charge in [-0.2, -0.15) is 14.0 Å². The van der Waals surface area contributed by atoms with Crippen molar-refractivity contribution < 1.29 is 18.3 Å². The lowest BCUT2D eigenvalue weighted by Crippen LogP contribution is -2.03. The van der Waals surface area contributed by atoms with Crippen LogP contribution in [0, 0.1) is 11.3 Å². The molecule has 28 heavy (non-hydrogen) atoms. The predicted octanol–water partition coefficient (Wildman–Crippen LogP) is 6.14. The summed E-state index contributed by atoms with van der Waals surface area (Å²) in [5.41, 5.74) is 2.56. The van der Waals surface area contributed by atoms with Crippen LogP contribution in [0.3, 0.4) is 0 Å². The lowest BCUT2D eigenvalue weighted by molar-refractivity contribution is -0.0512.